The van der Waals surface area contributed by atoms with Crippen LogP contribution >= 0.6 is 0 Å². The number of ether oxygens (including phenoxy) is 1. The molecule has 0 amide bonds. The van der Waals surface area contributed by atoms with Crippen LogP contribution in [0.1, 0.15) is 53.7 Å². The van der Waals surface area contributed by atoms with Gasteiger partial charge in [-0.3, -0.25) is 4.98 Å². The van der Waals surface area contributed by atoms with E-state index in [2.05, 4.69) is 17.1 Å². The first-order valence-electron chi connectivity index (χ1n) is 9.04. The molecule has 0 saturated carbocycles. The van der Waals surface area contributed by atoms with Gasteiger partial charge in [0, 0.05) is 17.5 Å². The SMILES string of the molecule is CCc1nnc(COC(=O)c2c3c(nc4ccccc24)CCC(C)C3)o1. The first-order chi connectivity index (χ1) is 12.7. The molecule has 0 radical (unpaired) electrons. The fraction of sp³-hybridized carbons (Fsp3) is 0.400. The molecule has 0 spiro atoms. The van der Waals surface area contributed by atoms with Crippen molar-refractivity contribution in [2.24, 2.45) is 5.92 Å². The highest BCUT2D eigenvalue weighted by atomic mass is 16.5. The smallest absolute Gasteiger partial charge is 0.339 e. The number of carbonyl (C=O) groups excluding carboxylic acids is 1. The number of rotatable bonds is 4. The summed E-state index contributed by atoms with van der Waals surface area (Å²) >= 11 is 0. The zero-order valence-corrected chi connectivity index (χ0v) is 15.0. The predicted molar refractivity (Wildman–Crippen MR) is 95.7 cm³/mol. The van der Waals surface area contributed by atoms with Crippen molar-refractivity contribution >= 4 is 16.9 Å². The molecule has 26 heavy (non-hydrogen) atoms. The molecule has 0 N–H and O–H groups in total. The molecule has 3 aromatic rings. The molecule has 0 fully saturated rings. The third-order valence-electron chi connectivity index (χ3n) is 4.85. The van der Waals surface area contributed by atoms with Crippen LogP contribution in [-0.2, 0) is 30.6 Å². The van der Waals surface area contributed by atoms with Crippen LogP contribution < -0.4 is 0 Å². The summed E-state index contributed by atoms with van der Waals surface area (Å²) in [5.74, 6) is 1.03. The Morgan fingerprint density at radius 1 is 1.27 bits per heavy atom. The van der Waals surface area contributed by atoms with Crippen molar-refractivity contribution in [3.8, 4) is 0 Å². The van der Waals surface area contributed by atoms with Crippen LogP contribution in [0.25, 0.3) is 10.9 Å². The Balaban J connectivity index is 1.69. The highest BCUT2D eigenvalue weighted by Crippen LogP contribution is 2.32. The number of benzene rings is 1. The van der Waals surface area contributed by atoms with E-state index < -0.39 is 0 Å². The second-order valence-electron chi connectivity index (χ2n) is 6.80. The van der Waals surface area contributed by atoms with E-state index in [1.807, 2.05) is 31.2 Å². The molecule has 0 aliphatic heterocycles. The molecule has 1 atom stereocenters. The van der Waals surface area contributed by atoms with Crippen molar-refractivity contribution in [3.63, 3.8) is 0 Å². The van der Waals surface area contributed by atoms with Gasteiger partial charge in [0.1, 0.15) is 0 Å². The summed E-state index contributed by atoms with van der Waals surface area (Å²) < 4.78 is 10.9. The number of aryl methyl sites for hydroxylation is 2. The van der Waals surface area contributed by atoms with Crippen molar-refractivity contribution in [1.29, 1.82) is 0 Å². The molecule has 4 rings (SSSR count). The van der Waals surface area contributed by atoms with E-state index in [4.69, 9.17) is 14.1 Å². The topological polar surface area (TPSA) is 78.1 Å². The third kappa shape index (κ3) is 3.07. The average Bonchev–Trinajstić information content (AvgIpc) is 3.12. The van der Waals surface area contributed by atoms with E-state index in [1.54, 1.807) is 0 Å². The lowest BCUT2D eigenvalue weighted by atomic mass is 9.84. The third-order valence-corrected chi connectivity index (χ3v) is 4.85. The van der Waals surface area contributed by atoms with Gasteiger partial charge < -0.3 is 9.15 Å². The quantitative estimate of drug-likeness (QED) is 0.668. The van der Waals surface area contributed by atoms with Crippen LogP contribution in [-0.4, -0.2) is 21.2 Å². The molecule has 0 saturated heterocycles. The van der Waals surface area contributed by atoms with E-state index >= 15 is 0 Å². The monoisotopic (exact) mass is 351 g/mol. The van der Waals surface area contributed by atoms with Gasteiger partial charge in [-0.2, -0.15) is 0 Å². The Bertz CT molecular complexity index is 964. The summed E-state index contributed by atoms with van der Waals surface area (Å²) in [6, 6.07) is 7.73. The molecule has 6 heteroatoms. The number of fused-ring (bicyclic) bond motifs is 2. The summed E-state index contributed by atoms with van der Waals surface area (Å²) in [5, 5.41) is 8.64. The largest absolute Gasteiger partial charge is 0.452 e. The van der Waals surface area contributed by atoms with Crippen molar-refractivity contribution < 1.29 is 13.9 Å². The first kappa shape index (κ1) is 16.7. The van der Waals surface area contributed by atoms with Gasteiger partial charge in [-0.05, 0) is 36.8 Å². The Hall–Kier alpha value is -2.76. The van der Waals surface area contributed by atoms with E-state index in [1.165, 1.54) is 0 Å². The van der Waals surface area contributed by atoms with Gasteiger partial charge in [0.15, 0.2) is 6.61 Å². The van der Waals surface area contributed by atoms with E-state index in [-0.39, 0.29) is 12.6 Å². The maximum absolute atomic E-state index is 12.9. The first-order valence-corrected chi connectivity index (χ1v) is 9.04. The van der Waals surface area contributed by atoms with Gasteiger partial charge in [-0.15, -0.1) is 10.2 Å². The van der Waals surface area contributed by atoms with Crippen LogP contribution in [0.2, 0.25) is 0 Å². The molecule has 1 unspecified atom stereocenters. The van der Waals surface area contributed by atoms with Crippen molar-refractivity contribution in [3.05, 3.63) is 52.9 Å². The average molecular weight is 351 g/mol. The summed E-state index contributed by atoms with van der Waals surface area (Å²) in [5.41, 5.74) is 3.50. The van der Waals surface area contributed by atoms with Crippen molar-refractivity contribution in [1.82, 2.24) is 15.2 Å². The standard InChI is InChI=1S/C20H21N3O3/c1-3-17-22-23-18(26-17)11-25-20(24)19-13-6-4-5-7-15(13)21-16-9-8-12(2)10-14(16)19/h4-7,12H,3,8-11H2,1-2H3. The van der Waals surface area contributed by atoms with Crippen LogP contribution in [0, 0.1) is 5.92 Å². The van der Waals surface area contributed by atoms with Crippen LogP contribution in [0.4, 0.5) is 0 Å². The summed E-state index contributed by atoms with van der Waals surface area (Å²) in [6.07, 6.45) is 3.49. The maximum atomic E-state index is 12.9. The summed E-state index contributed by atoms with van der Waals surface area (Å²) in [6.45, 7) is 4.12. The minimum Gasteiger partial charge on any atom is -0.452 e. The molecule has 1 aromatic carbocycles. The normalized spacial score (nSPS) is 16.5. The van der Waals surface area contributed by atoms with Gasteiger partial charge in [0.25, 0.3) is 5.89 Å². The molecule has 6 nitrogen and oxygen atoms in total. The Labute approximate surface area is 151 Å². The van der Waals surface area contributed by atoms with E-state index in [0.29, 0.717) is 29.7 Å². The number of aromatic nitrogens is 3. The van der Waals surface area contributed by atoms with Crippen molar-refractivity contribution in [2.45, 2.75) is 46.1 Å². The molecule has 2 aromatic heterocycles. The van der Waals surface area contributed by atoms with Gasteiger partial charge in [-0.25, -0.2) is 4.79 Å². The molecule has 134 valence electrons. The molecular weight excluding hydrogens is 330 g/mol. The number of pyridine rings is 1. The van der Waals surface area contributed by atoms with Gasteiger partial charge in [0.05, 0.1) is 11.1 Å². The number of nitrogens with zero attached hydrogens (tertiary/aromatic N) is 3. The summed E-state index contributed by atoms with van der Waals surface area (Å²) in [4.78, 5) is 17.7. The minimum atomic E-state index is -0.356. The molecule has 0 bridgehead atoms. The highest BCUT2D eigenvalue weighted by molar-refractivity contribution is 6.05. The maximum Gasteiger partial charge on any atom is 0.339 e. The lowest BCUT2D eigenvalue weighted by molar-refractivity contribution is 0.0437. The number of para-hydroxylation sites is 1. The summed E-state index contributed by atoms with van der Waals surface area (Å²) in [7, 11) is 0. The van der Waals surface area contributed by atoms with Crippen LogP contribution in [0.5, 0.6) is 0 Å². The molecule has 1 aliphatic rings. The zero-order chi connectivity index (χ0) is 18.1. The minimum absolute atomic E-state index is 0.0210. The lowest BCUT2D eigenvalue weighted by Crippen LogP contribution is -2.19. The lowest BCUT2D eigenvalue weighted by Gasteiger charge is -2.24. The molecule has 2 heterocycles. The second kappa shape index (κ2) is 6.86. The Kier molecular flexibility index (Phi) is 4.41. The van der Waals surface area contributed by atoms with Gasteiger partial charge >= 0.3 is 5.97 Å². The Morgan fingerprint density at radius 3 is 2.88 bits per heavy atom. The van der Waals surface area contributed by atoms with E-state index in [9.17, 15) is 4.79 Å². The van der Waals surface area contributed by atoms with Crippen LogP contribution in [0.15, 0.2) is 28.7 Å². The predicted octanol–water partition coefficient (Wildman–Crippen LogP) is 3.66. The number of carbonyl (C=O) groups is 1. The second-order valence-corrected chi connectivity index (χ2v) is 6.80. The van der Waals surface area contributed by atoms with Crippen LogP contribution in [0.3, 0.4) is 0 Å². The number of hydrogen-bond donors (Lipinski definition) is 0. The molecular formula is C20H21N3O3. The number of hydrogen-bond acceptors (Lipinski definition) is 6. The molecule has 1 aliphatic carbocycles. The fourth-order valence-corrected chi connectivity index (χ4v) is 3.48. The van der Waals surface area contributed by atoms with E-state index in [0.717, 1.165) is 41.4 Å². The Morgan fingerprint density at radius 2 is 2.08 bits per heavy atom. The highest BCUT2D eigenvalue weighted by Gasteiger charge is 2.26. The fourth-order valence-electron chi connectivity index (χ4n) is 3.48. The zero-order valence-electron chi connectivity index (χ0n) is 15.0. The van der Waals surface area contributed by atoms with Gasteiger partial charge in [0.2, 0.25) is 5.89 Å². The number of esters is 1. The van der Waals surface area contributed by atoms with Gasteiger partial charge in [-0.1, -0.05) is 32.0 Å². The van der Waals surface area contributed by atoms with Crippen molar-refractivity contribution in [2.75, 3.05) is 0 Å².